The Kier molecular flexibility index (Phi) is 7.87. The molecule has 0 aliphatic heterocycles. The van der Waals surface area contributed by atoms with E-state index in [-0.39, 0.29) is 11.8 Å². The summed E-state index contributed by atoms with van der Waals surface area (Å²) < 4.78 is 10.9. The van der Waals surface area contributed by atoms with Gasteiger partial charge in [0.25, 0.3) is 11.8 Å². The maximum Gasteiger partial charge on any atom is 0.260 e. The van der Waals surface area contributed by atoms with E-state index in [0.29, 0.717) is 36.1 Å². The topological polar surface area (TPSA) is 76.7 Å². The van der Waals surface area contributed by atoms with E-state index in [1.807, 2.05) is 24.3 Å². The summed E-state index contributed by atoms with van der Waals surface area (Å²) in [6.07, 6.45) is -0.628. The third-order valence-electron chi connectivity index (χ3n) is 4.28. The summed E-state index contributed by atoms with van der Waals surface area (Å²) in [7, 11) is 1.57. The van der Waals surface area contributed by atoms with E-state index in [2.05, 4.69) is 24.5 Å². The summed E-state index contributed by atoms with van der Waals surface area (Å²) in [4.78, 5) is 24.3. The first kappa shape index (κ1) is 21.3. The van der Waals surface area contributed by atoms with Gasteiger partial charge < -0.3 is 20.1 Å². The predicted molar refractivity (Wildman–Crippen MR) is 109 cm³/mol. The van der Waals surface area contributed by atoms with Crippen LogP contribution in [0, 0.1) is 0 Å². The quantitative estimate of drug-likeness (QED) is 0.651. The molecule has 0 bridgehead atoms. The lowest BCUT2D eigenvalue weighted by atomic mass is 10.0. The second kappa shape index (κ2) is 10.3. The second-order valence-corrected chi connectivity index (χ2v) is 6.73. The molecule has 1 unspecified atom stereocenters. The number of nitrogens with one attached hydrogen (secondary N) is 2. The van der Waals surface area contributed by atoms with E-state index in [1.54, 1.807) is 38.3 Å². The zero-order valence-corrected chi connectivity index (χ0v) is 16.8. The van der Waals surface area contributed by atoms with Gasteiger partial charge in [0, 0.05) is 18.7 Å². The number of benzene rings is 2. The van der Waals surface area contributed by atoms with E-state index in [1.165, 1.54) is 0 Å². The molecule has 0 fully saturated rings. The van der Waals surface area contributed by atoms with Gasteiger partial charge in [0.05, 0.1) is 7.11 Å². The van der Waals surface area contributed by atoms with Crippen molar-refractivity contribution >= 4 is 11.8 Å². The Bertz CT molecular complexity index is 787. The molecule has 0 spiro atoms. The van der Waals surface area contributed by atoms with Gasteiger partial charge in [-0.2, -0.15) is 0 Å². The Morgan fingerprint density at radius 3 is 2.21 bits per heavy atom. The molecule has 2 rings (SSSR count). The molecular weight excluding hydrogens is 356 g/mol. The van der Waals surface area contributed by atoms with Gasteiger partial charge in [-0.05, 0) is 48.7 Å². The number of rotatable bonds is 9. The molecule has 0 saturated heterocycles. The number of hydrogen-bond acceptors (Lipinski definition) is 4. The Labute approximate surface area is 166 Å². The van der Waals surface area contributed by atoms with Crippen LogP contribution < -0.4 is 20.1 Å². The van der Waals surface area contributed by atoms with Crippen LogP contribution in [0.1, 0.15) is 42.6 Å². The van der Waals surface area contributed by atoms with Crippen molar-refractivity contribution in [2.45, 2.75) is 32.8 Å². The third-order valence-corrected chi connectivity index (χ3v) is 4.28. The predicted octanol–water partition coefficient (Wildman–Crippen LogP) is 3.13. The number of para-hydroxylation sites is 1. The van der Waals surface area contributed by atoms with Crippen molar-refractivity contribution < 1.29 is 19.1 Å². The Balaban J connectivity index is 1.76. The molecule has 2 amide bonds. The highest BCUT2D eigenvalue weighted by Gasteiger charge is 2.17. The number of methoxy groups -OCH3 is 1. The van der Waals surface area contributed by atoms with Crippen molar-refractivity contribution in [3.8, 4) is 11.5 Å². The highest BCUT2D eigenvalue weighted by molar-refractivity contribution is 5.94. The van der Waals surface area contributed by atoms with Gasteiger partial charge in [0.1, 0.15) is 11.5 Å². The maximum atomic E-state index is 12.3. The molecule has 0 radical (unpaired) electrons. The fourth-order valence-corrected chi connectivity index (χ4v) is 2.66. The number of ether oxygens (including phenoxy) is 2. The Morgan fingerprint density at radius 2 is 1.57 bits per heavy atom. The zero-order chi connectivity index (χ0) is 20.5. The molecule has 1 atom stereocenters. The average Bonchev–Trinajstić information content (AvgIpc) is 2.71. The highest BCUT2D eigenvalue weighted by Crippen LogP contribution is 2.26. The number of amides is 2. The van der Waals surface area contributed by atoms with Crippen LogP contribution in [0.2, 0.25) is 0 Å². The summed E-state index contributed by atoms with van der Waals surface area (Å²) in [5.74, 6) is 1.29. The van der Waals surface area contributed by atoms with Crippen LogP contribution >= 0.6 is 0 Å². The molecule has 2 N–H and O–H groups in total. The van der Waals surface area contributed by atoms with Crippen LogP contribution in [0.25, 0.3) is 0 Å². The molecule has 6 nitrogen and oxygen atoms in total. The number of carbonyl (C=O) groups is 2. The van der Waals surface area contributed by atoms with Gasteiger partial charge in [0.15, 0.2) is 6.10 Å². The Morgan fingerprint density at radius 1 is 0.929 bits per heavy atom. The van der Waals surface area contributed by atoms with E-state index < -0.39 is 6.10 Å². The van der Waals surface area contributed by atoms with Crippen molar-refractivity contribution in [3.63, 3.8) is 0 Å². The van der Waals surface area contributed by atoms with Crippen LogP contribution in [0.3, 0.4) is 0 Å². The first-order valence-electron chi connectivity index (χ1n) is 9.38. The third kappa shape index (κ3) is 6.01. The fourth-order valence-electron chi connectivity index (χ4n) is 2.66. The minimum absolute atomic E-state index is 0.202. The molecule has 0 heterocycles. The van der Waals surface area contributed by atoms with Gasteiger partial charge in [-0.15, -0.1) is 0 Å². The smallest absolute Gasteiger partial charge is 0.260 e. The van der Waals surface area contributed by atoms with Crippen LogP contribution in [-0.2, 0) is 4.79 Å². The molecule has 6 heteroatoms. The first-order valence-corrected chi connectivity index (χ1v) is 9.38. The minimum atomic E-state index is -0.628. The van der Waals surface area contributed by atoms with E-state index >= 15 is 0 Å². The molecule has 28 heavy (non-hydrogen) atoms. The molecule has 2 aromatic carbocycles. The van der Waals surface area contributed by atoms with Gasteiger partial charge in [-0.25, -0.2) is 0 Å². The fraction of sp³-hybridized carbons (Fsp3) is 0.364. The molecule has 150 valence electrons. The lowest BCUT2D eigenvalue weighted by Gasteiger charge is -2.18. The van der Waals surface area contributed by atoms with Gasteiger partial charge >= 0.3 is 0 Å². The minimum Gasteiger partial charge on any atom is -0.497 e. The van der Waals surface area contributed by atoms with Crippen molar-refractivity contribution in [3.05, 3.63) is 59.7 Å². The summed E-state index contributed by atoms with van der Waals surface area (Å²) in [5.41, 5.74) is 1.60. The number of hydrogen-bond donors (Lipinski definition) is 2. The average molecular weight is 384 g/mol. The van der Waals surface area contributed by atoms with Crippen LogP contribution in [-0.4, -0.2) is 38.1 Å². The first-order chi connectivity index (χ1) is 13.4. The van der Waals surface area contributed by atoms with Crippen molar-refractivity contribution in [2.75, 3.05) is 20.2 Å². The lowest BCUT2D eigenvalue weighted by molar-refractivity contribution is -0.127. The van der Waals surface area contributed by atoms with Gasteiger partial charge in [0.2, 0.25) is 0 Å². The molecule has 0 aromatic heterocycles. The molecular formula is C22H28N2O4. The zero-order valence-electron chi connectivity index (χ0n) is 16.8. The maximum absolute atomic E-state index is 12.3. The monoisotopic (exact) mass is 384 g/mol. The SMILES string of the molecule is COc1ccc(C(=O)NCCNC(=O)C(C)Oc2ccccc2C(C)C)cc1. The highest BCUT2D eigenvalue weighted by atomic mass is 16.5. The lowest BCUT2D eigenvalue weighted by Crippen LogP contribution is -2.40. The molecule has 0 aliphatic rings. The van der Waals surface area contributed by atoms with E-state index in [0.717, 1.165) is 5.56 Å². The largest absolute Gasteiger partial charge is 0.497 e. The van der Waals surface area contributed by atoms with Crippen molar-refractivity contribution in [1.82, 2.24) is 10.6 Å². The summed E-state index contributed by atoms with van der Waals surface area (Å²) >= 11 is 0. The standard InChI is InChI=1S/C22H28N2O4/c1-15(2)19-7-5-6-8-20(19)28-16(3)21(25)23-13-14-24-22(26)17-9-11-18(27-4)12-10-17/h5-12,15-16H,13-14H2,1-4H3,(H,23,25)(H,24,26). The van der Waals surface area contributed by atoms with Crippen LogP contribution in [0.5, 0.6) is 11.5 Å². The van der Waals surface area contributed by atoms with E-state index in [9.17, 15) is 9.59 Å². The van der Waals surface area contributed by atoms with Gasteiger partial charge in [-0.3, -0.25) is 9.59 Å². The molecule has 0 saturated carbocycles. The number of carbonyl (C=O) groups excluding carboxylic acids is 2. The normalized spacial score (nSPS) is 11.6. The van der Waals surface area contributed by atoms with Crippen LogP contribution in [0.15, 0.2) is 48.5 Å². The Hall–Kier alpha value is -3.02. The van der Waals surface area contributed by atoms with Crippen molar-refractivity contribution in [2.24, 2.45) is 0 Å². The summed E-state index contributed by atoms with van der Waals surface area (Å²) in [6.45, 7) is 6.52. The van der Waals surface area contributed by atoms with Gasteiger partial charge in [-0.1, -0.05) is 32.0 Å². The van der Waals surface area contributed by atoms with Crippen molar-refractivity contribution in [1.29, 1.82) is 0 Å². The molecule has 0 aliphatic carbocycles. The summed E-state index contributed by atoms with van der Waals surface area (Å²) in [5, 5.41) is 5.55. The summed E-state index contributed by atoms with van der Waals surface area (Å²) in [6, 6.07) is 14.5. The van der Waals surface area contributed by atoms with E-state index in [4.69, 9.17) is 9.47 Å². The molecule has 2 aromatic rings. The van der Waals surface area contributed by atoms with Crippen LogP contribution in [0.4, 0.5) is 0 Å². The second-order valence-electron chi connectivity index (χ2n) is 6.73.